The maximum atomic E-state index is 5.83. The fraction of sp³-hybridized carbons (Fsp3) is 0.182. The lowest BCUT2D eigenvalue weighted by Gasteiger charge is -2.08. The van der Waals surface area contributed by atoms with E-state index < -0.39 is 0 Å². The molecule has 3 N–H and O–H groups in total. The van der Waals surface area contributed by atoms with Crippen LogP contribution < -0.4 is 5.73 Å². The number of benzene rings is 1. The zero-order valence-corrected chi connectivity index (χ0v) is 9.28. The Labute approximate surface area is 93.5 Å². The molecule has 2 aromatic rings. The Balaban J connectivity index is 2.32. The molecule has 78 valence electrons. The van der Waals surface area contributed by atoms with Crippen LogP contribution in [0.1, 0.15) is 17.4 Å². The SMILES string of the molecule is Cn1ccnc1[C@H]([NH3+])c1ccc(Cl)cc1. The molecule has 15 heavy (non-hydrogen) atoms. The molecule has 0 saturated carbocycles. The van der Waals surface area contributed by atoms with Crippen LogP contribution >= 0.6 is 11.6 Å². The zero-order chi connectivity index (χ0) is 10.8. The van der Waals surface area contributed by atoms with Crippen molar-refractivity contribution >= 4 is 11.6 Å². The van der Waals surface area contributed by atoms with E-state index in [9.17, 15) is 0 Å². The molecule has 0 aliphatic heterocycles. The largest absolute Gasteiger partial charge is 0.345 e. The lowest BCUT2D eigenvalue weighted by atomic mass is 10.1. The smallest absolute Gasteiger partial charge is 0.172 e. The van der Waals surface area contributed by atoms with Gasteiger partial charge >= 0.3 is 0 Å². The number of aryl methyl sites for hydroxylation is 1. The van der Waals surface area contributed by atoms with Gasteiger partial charge in [0.05, 0.1) is 0 Å². The van der Waals surface area contributed by atoms with Gasteiger partial charge in [0.1, 0.15) is 0 Å². The van der Waals surface area contributed by atoms with Crippen molar-refractivity contribution in [2.75, 3.05) is 0 Å². The fourth-order valence-corrected chi connectivity index (χ4v) is 1.68. The van der Waals surface area contributed by atoms with Gasteiger partial charge < -0.3 is 10.3 Å². The van der Waals surface area contributed by atoms with Crippen molar-refractivity contribution in [3.8, 4) is 0 Å². The van der Waals surface area contributed by atoms with Crippen LogP contribution in [0.2, 0.25) is 5.02 Å². The zero-order valence-electron chi connectivity index (χ0n) is 8.52. The molecule has 4 heteroatoms. The molecule has 0 aliphatic carbocycles. The van der Waals surface area contributed by atoms with Gasteiger partial charge in [0.25, 0.3) is 0 Å². The lowest BCUT2D eigenvalue weighted by molar-refractivity contribution is -0.414. The van der Waals surface area contributed by atoms with Gasteiger partial charge in [0, 0.05) is 30.0 Å². The number of rotatable bonds is 2. The molecule has 0 fully saturated rings. The maximum Gasteiger partial charge on any atom is 0.172 e. The number of quaternary nitrogens is 1. The van der Waals surface area contributed by atoms with Gasteiger partial charge in [-0.05, 0) is 12.1 Å². The molecule has 0 aliphatic rings. The number of imidazole rings is 1. The number of nitrogens with zero attached hydrogens (tertiary/aromatic N) is 2. The third-order valence-corrected chi connectivity index (χ3v) is 2.69. The molecule has 0 amide bonds. The number of aromatic nitrogens is 2. The monoisotopic (exact) mass is 222 g/mol. The van der Waals surface area contributed by atoms with E-state index in [1.807, 2.05) is 42.1 Å². The summed E-state index contributed by atoms with van der Waals surface area (Å²) in [5.74, 6) is 0.956. The highest BCUT2D eigenvalue weighted by Crippen LogP contribution is 2.18. The van der Waals surface area contributed by atoms with Crippen LogP contribution in [0.15, 0.2) is 36.7 Å². The second kappa shape index (κ2) is 4.04. The first-order valence-corrected chi connectivity index (χ1v) is 5.12. The summed E-state index contributed by atoms with van der Waals surface area (Å²) in [6, 6.07) is 7.75. The fourth-order valence-electron chi connectivity index (χ4n) is 1.56. The second-order valence-electron chi connectivity index (χ2n) is 3.50. The first-order valence-electron chi connectivity index (χ1n) is 4.74. The van der Waals surface area contributed by atoms with E-state index in [0.717, 1.165) is 16.4 Å². The Morgan fingerprint density at radius 1 is 1.33 bits per heavy atom. The molecule has 1 atom stereocenters. The minimum atomic E-state index is 0.0438. The summed E-state index contributed by atoms with van der Waals surface area (Å²) < 4.78 is 1.98. The third-order valence-electron chi connectivity index (χ3n) is 2.44. The quantitative estimate of drug-likeness (QED) is 0.821. The first-order chi connectivity index (χ1) is 7.18. The molecular weight excluding hydrogens is 210 g/mol. The molecule has 2 rings (SSSR count). The van der Waals surface area contributed by atoms with E-state index >= 15 is 0 Å². The van der Waals surface area contributed by atoms with Gasteiger partial charge in [-0.2, -0.15) is 0 Å². The van der Waals surface area contributed by atoms with Crippen molar-refractivity contribution < 1.29 is 5.73 Å². The topological polar surface area (TPSA) is 45.5 Å². The number of hydrogen-bond acceptors (Lipinski definition) is 1. The van der Waals surface area contributed by atoms with Gasteiger partial charge in [-0.25, -0.2) is 4.98 Å². The molecule has 0 radical (unpaired) electrons. The molecule has 0 bridgehead atoms. The van der Waals surface area contributed by atoms with Crippen molar-refractivity contribution in [1.82, 2.24) is 9.55 Å². The van der Waals surface area contributed by atoms with Crippen molar-refractivity contribution in [2.24, 2.45) is 7.05 Å². The summed E-state index contributed by atoms with van der Waals surface area (Å²) in [6.45, 7) is 0. The van der Waals surface area contributed by atoms with Gasteiger partial charge in [0.2, 0.25) is 0 Å². The molecule has 0 saturated heterocycles. The predicted molar refractivity (Wildman–Crippen MR) is 59.4 cm³/mol. The first kappa shape index (κ1) is 10.2. The maximum absolute atomic E-state index is 5.83. The highest BCUT2D eigenvalue weighted by atomic mass is 35.5. The van der Waals surface area contributed by atoms with Crippen molar-refractivity contribution in [3.05, 3.63) is 53.1 Å². The second-order valence-corrected chi connectivity index (χ2v) is 3.94. The Morgan fingerprint density at radius 3 is 2.53 bits per heavy atom. The van der Waals surface area contributed by atoms with E-state index in [4.69, 9.17) is 11.6 Å². The third kappa shape index (κ3) is 2.03. The molecule has 1 aromatic carbocycles. The molecule has 1 heterocycles. The molecular formula is C11H13ClN3+. The Morgan fingerprint density at radius 2 is 2.00 bits per heavy atom. The highest BCUT2D eigenvalue weighted by Gasteiger charge is 2.16. The van der Waals surface area contributed by atoms with E-state index in [-0.39, 0.29) is 6.04 Å². The van der Waals surface area contributed by atoms with Gasteiger partial charge in [-0.15, -0.1) is 0 Å². The van der Waals surface area contributed by atoms with Crippen LogP contribution in [0.25, 0.3) is 0 Å². The van der Waals surface area contributed by atoms with Gasteiger partial charge in [-0.3, -0.25) is 0 Å². The normalized spacial score (nSPS) is 12.7. The minimum Gasteiger partial charge on any atom is -0.345 e. The van der Waals surface area contributed by atoms with Crippen molar-refractivity contribution in [3.63, 3.8) is 0 Å². The van der Waals surface area contributed by atoms with E-state index in [0.29, 0.717) is 0 Å². The van der Waals surface area contributed by atoms with E-state index in [1.165, 1.54) is 0 Å². The lowest BCUT2D eigenvalue weighted by Crippen LogP contribution is -2.54. The van der Waals surface area contributed by atoms with Crippen molar-refractivity contribution in [2.45, 2.75) is 6.04 Å². The molecule has 3 nitrogen and oxygen atoms in total. The standard InChI is InChI=1S/C11H12ClN3/c1-15-7-6-14-11(15)10(13)8-2-4-9(12)5-3-8/h2-7,10H,13H2,1H3/p+1/t10-/m1/s1. The number of hydrogen-bond donors (Lipinski definition) is 1. The van der Waals surface area contributed by atoms with Crippen LogP contribution in [0.4, 0.5) is 0 Å². The average molecular weight is 223 g/mol. The van der Waals surface area contributed by atoms with Gasteiger partial charge in [-0.1, -0.05) is 23.7 Å². The predicted octanol–water partition coefficient (Wildman–Crippen LogP) is 1.40. The van der Waals surface area contributed by atoms with Gasteiger partial charge in [0.15, 0.2) is 11.9 Å². The molecule has 0 unspecified atom stereocenters. The summed E-state index contributed by atoms with van der Waals surface area (Å²) in [5.41, 5.74) is 5.23. The summed E-state index contributed by atoms with van der Waals surface area (Å²) in [7, 11) is 1.97. The Hall–Kier alpha value is -1.32. The number of halogens is 1. The Bertz CT molecular complexity index is 447. The van der Waals surface area contributed by atoms with Crippen LogP contribution in [0.3, 0.4) is 0 Å². The van der Waals surface area contributed by atoms with E-state index in [2.05, 4.69) is 10.7 Å². The summed E-state index contributed by atoms with van der Waals surface area (Å²) in [4.78, 5) is 4.28. The molecule has 0 spiro atoms. The highest BCUT2D eigenvalue weighted by molar-refractivity contribution is 6.30. The van der Waals surface area contributed by atoms with Crippen LogP contribution in [-0.4, -0.2) is 9.55 Å². The summed E-state index contributed by atoms with van der Waals surface area (Å²) >= 11 is 5.83. The van der Waals surface area contributed by atoms with E-state index in [1.54, 1.807) is 6.20 Å². The average Bonchev–Trinajstić information content (AvgIpc) is 2.65. The van der Waals surface area contributed by atoms with Crippen LogP contribution in [0.5, 0.6) is 0 Å². The summed E-state index contributed by atoms with van der Waals surface area (Å²) in [5, 5.41) is 0.741. The van der Waals surface area contributed by atoms with Crippen LogP contribution in [-0.2, 0) is 7.05 Å². The molecule has 1 aromatic heterocycles. The minimum absolute atomic E-state index is 0.0438. The van der Waals surface area contributed by atoms with Crippen molar-refractivity contribution in [1.29, 1.82) is 0 Å². The summed E-state index contributed by atoms with van der Waals surface area (Å²) in [6.07, 6.45) is 3.70. The Kier molecular flexibility index (Phi) is 2.75. The van der Waals surface area contributed by atoms with Crippen LogP contribution in [0, 0.1) is 0 Å².